The quantitative estimate of drug-likeness (QED) is 0.554. The van der Waals surface area contributed by atoms with Crippen molar-refractivity contribution in [2.45, 2.75) is 13.3 Å². The van der Waals surface area contributed by atoms with Crippen LogP contribution in [0.25, 0.3) is 0 Å². The van der Waals surface area contributed by atoms with Crippen LogP contribution in [0.1, 0.15) is 13.3 Å². The van der Waals surface area contributed by atoms with Crippen molar-refractivity contribution in [1.82, 2.24) is 5.32 Å². The summed E-state index contributed by atoms with van der Waals surface area (Å²) in [5.41, 5.74) is 6.00. The van der Waals surface area contributed by atoms with E-state index >= 15 is 0 Å². The Morgan fingerprint density at radius 1 is 1.78 bits per heavy atom. The Labute approximate surface area is 54.9 Å². The highest BCUT2D eigenvalue weighted by Gasteiger charge is 1.80. The molecule has 54 valence electrons. The molecule has 3 N–H and O–H groups in total. The third-order valence-corrected chi connectivity index (χ3v) is 0.784. The number of rotatable bonds is 4. The molecular weight excluding hydrogens is 119 g/mol. The second kappa shape index (κ2) is 5.41. The van der Waals surface area contributed by atoms with Gasteiger partial charge in [-0.05, 0) is 13.3 Å². The molecule has 0 aliphatic heterocycles. The Kier molecular flexibility index (Phi) is 4.97. The standard InChI is InChI=1S/C6H13FN2/c1-6(8)5-9-4-2-3-7/h5,9H,2-4,8H2,1H3/b6-5-. The van der Waals surface area contributed by atoms with Crippen LogP contribution in [0, 0.1) is 0 Å². The average Bonchev–Trinajstić information content (AvgIpc) is 1.80. The maximum atomic E-state index is 11.4. The van der Waals surface area contributed by atoms with E-state index in [0.29, 0.717) is 18.7 Å². The zero-order valence-electron chi connectivity index (χ0n) is 5.65. The second-order valence-electron chi connectivity index (χ2n) is 1.89. The Hall–Kier alpha value is -0.730. The van der Waals surface area contributed by atoms with Crippen molar-refractivity contribution in [1.29, 1.82) is 0 Å². The molecule has 0 atom stereocenters. The molecule has 0 bridgehead atoms. The third kappa shape index (κ3) is 7.27. The van der Waals surface area contributed by atoms with Gasteiger partial charge in [-0.1, -0.05) is 0 Å². The predicted molar refractivity (Wildman–Crippen MR) is 36.5 cm³/mol. The SMILES string of the molecule is C/C(N)=C/NCCCF. The van der Waals surface area contributed by atoms with Crippen LogP contribution in [0.5, 0.6) is 0 Å². The van der Waals surface area contributed by atoms with Gasteiger partial charge in [0.2, 0.25) is 0 Å². The topological polar surface area (TPSA) is 38.0 Å². The summed E-state index contributed by atoms with van der Waals surface area (Å²) >= 11 is 0. The molecule has 0 aliphatic carbocycles. The molecule has 0 heterocycles. The van der Waals surface area contributed by atoms with Crippen LogP contribution in [0.15, 0.2) is 11.9 Å². The molecule has 0 amide bonds. The van der Waals surface area contributed by atoms with Gasteiger partial charge < -0.3 is 11.1 Å². The lowest BCUT2D eigenvalue weighted by Gasteiger charge is -1.96. The molecule has 0 unspecified atom stereocenters. The minimum atomic E-state index is -0.273. The van der Waals surface area contributed by atoms with Crippen LogP contribution in [-0.4, -0.2) is 13.2 Å². The first-order chi connectivity index (χ1) is 4.27. The summed E-state index contributed by atoms with van der Waals surface area (Å²) in [5, 5.41) is 2.86. The van der Waals surface area contributed by atoms with Gasteiger partial charge >= 0.3 is 0 Å². The maximum Gasteiger partial charge on any atom is 0.0911 e. The van der Waals surface area contributed by atoms with E-state index < -0.39 is 0 Å². The molecule has 0 aromatic heterocycles. The van der Waals surface area contributed by atoms with Crippen LogP contribution >= 0.6 is 0 Å². The lowest BCUT2D eigenvalue weighted by molar-refractivity contribution is 0.469. The molecule has 0 rings (SSSR count). The van der Waals surface area contributed by atoms with Gasteiger partial charge in [-0.3, -0.25) is 4.39 Å². The Morgan fingerprint density at radius 2 is 2.44 bits per heavy atom. The smallest absolute Gasteiger partial charge is 0.0911 e. The minimum absolute atomic E-state index is 0.273. The van der Waals surface area contributed by atoms with E-state index in [2.05, 4.69) is 5.32 Å². The number of nitrogens with one attached hydrogen (secondary N) is 1. The van der Waals surface area contributed by atoms with E-state index in [1.165, 1.54) is 0 Å². The highest BCUT2D eigenvalue weighted by Crippen LogP contribution is 1.78. The van der Waals surface area contributed by atoms with Crippen LogP contribution in [-0.2, 0) is 0 Å². The highest BCUT2D eigenvalue weighted by atomic mass is 19.1. The van der Waals surface area contributed by atoms with Crippen molar-refractivity contribution in [2.24, 2.45) is 5.73 Å². The van der Waals surface area contributed by atoms with Gasteiger partial charge in [-0.15, -0.1) is 0 Å². The molecule has 0 saturated heterocycles. The van der Waals surface area contributed by atoms with E-state index in [-0.39, 0.29) is 6.67 Å². The summed E-state index contributed by atoms with van der Waals surface area (Å²) in [6.07, 6.45) is 2.22. The van der Waals surface area contributed by atoms with Crippen molar-refractivity contribution < 1.29 is 4.39 Å². The number of hydrogen-bond acceptors (Lipinski definition) is 2. The molecule has 0 aromatic carbocycles. The molecular formula is C6H13FN2. The predicted octanol–water partition coefficient (Wildman–Crippen LogP) is 0.756. The third-order valence-electron chi connectivity index (χ3n) is 0.784. The van der Waals surface area contributed by atoms with Gasteiger partial charge in [-0.25, -0.2) is 0 Å². The summed E-state index contributed by atoms with van der Waals surface area (Å²) in [5.74, 6) is 0. The summed E-state index contributed by atoms with van der Waals surface area (Å²) in [6, 6.07) is 0. The summed E-state index contributed by atoms with van der Waals surface area (Å²) in [6.45, 7) is 2.16. The van der Waals surface area contributed by atoms with Crippen molar-refractivity contribution >= 4 is 0 Å². The van der Waals surface area contributed by atoms with Crippen LogP contribution in [0.4, 0.5) is 4.39 Å². The summed E-state index contributed by atoms with van der Waals surface area (Å²) in [7, 11) is 0. The number of halogens is 1. The van der Waals surface area contributed by atoms with Crippen molar-refractivity contribution in [2.75, 3.05) is 13.2 Å². The summed E-state index contributed by atoms with van der Waals surface area (Å²) in [4.78, 5) is 0. The van der Waals surface area contributed by atoms with E-state index in [0.717, 1.165) is 0 Å². The number of alkyl halides is 1. The molecule has 0 radical (unpaired) electrons. The highest BCUT2D eigenvalue weighted by molar-refractivity contribution is 4.88. The largest absolute Gasteiger partial charge is 0.401 e. The van der Waals surface area contributed by atoms with Crippen LogP contribution in [0.3, 0.4) is 0 Å². The fourth-order valence-corrected chi connectivity index (χ4v) is 0.402. The van der Waals surface area contributed by atoms with Crippen molar-refractivity contribution in [3.63, 3.8) is 0 Å². The van der Waals surface area contributed by atoms with E-state index in [4.69, 9.17) is 5.73 Å². The lowest BCUT2D eigenvalue weighted by Crippen LogP contribution is -2.10. The molecule has 3 heteroatoms. The molecule has 9 heavy (non-hydrogen) atoms. The monoisotopic (exact) mass is 132 g/mol. The van der Waals surface area contributed by atoms with Gasteiger partial charge in [0.05, 0.1) is 6.67 Å². The van der Waals surface area contributed by atoms with Gasteiger partial charge in [0.25, 0.3) is 0 Å². The fraction of sp³-hybridized carbons (Fsp3) is 0.667. The number of allylic oxidation sites excluding steroid dienone is 1. The van der Waals surface area contributed by atoms with E-state index in [9.17, 15) is 4.39 Å². The van der Waals surface area contributed by atoms with Crippen molar-refractivity contribution in [3.8, 4) is 0 Å². The lowest BCUT2D eigenvalue weighted by atomic mass is 10.4. The van der Waals surface area contributed by atoms with Gasteiger partial charge in [0, 0.05) is 18.4 Å². The van der Waals surface area contributed by atoms with E-state index in [1.807, 2.05) is 0 Å². The molecule has 0 aromatic rings. The molecule has 2 nitrogen and oxygen atoms in total. The number of hydrogen-bond donors (Lipinski definition) is 2. The Bertz CT molecular complexity index is 87.1. The normalized spacial score (nSPS) is 11.6. The van der Waals surface area contributed by atoms with Crippen LogP contribution < -0.4 is 11.1 Å². The second-order valence-corrected chi connectivity index (χ2v) is 1.89. The van der Waals surface area contributed by atoms with Crippen LogP contribution in [0.2, 0.25) is 0 Å². The van der Waals surface area contributed by atoms with Gasteiger partial charge in [0.15, 0.2) is 0 Å². The first-order valence-corrected chi connectivity index (χ1v) is 2.99. The fourth-order valence-electron chi connectivity index (χ4n) is 0.402. The minimum Gasteiger partial charge on any atom is -0.401 e. The Balaban J connectivity index is 3.00. The van der Waals surface area contributed by atoms with Crippen molar-refractivity contribution in [3.05, 3.63) is 11.9 Å². The first-order valence-electron chi connectivity index (χ1n) is 2.99. The maximum absolute atomic E-state index is 11.4. The van der Waals surface area contributed by atoms with E-state index in [1.54, 1.807) is 13.1 Å². The number of nitrogens with two attached hydrogens (primary N) is 1. The molecule has 0 spiro atoms. The molecule has 0 saturated carbocycles. The molecule has 0 fully saturated rings. The Morgan fingerprint density at radius 3 is 2.89 bits per heavy atom. The summed E-state index contributed by atoms with van der Waals surface area (Å²) < 4.78 is 11.4. The first kappa shape index (κ1) is 8.27. The zero-order valence-corrected chi connectivity index (χ0v) is 5.65. The van der Waals surface area contributed by atoms with Gasteiger partial charge in [-0.2, -0.15) is 0 Å². The molecule has 0 aliphatic rings. The average molecular weight is 132 g/mol. The zero-order chi connectivity index (χ0) is 7.11. The van der Waals surface area contributed by atoms with Gasteiger partial charge in [0.1, 0.15) is 0 Å².